The number of hydrazine groups is 1. The lowest BCUT2D eigenvalue weighted by Gasteiger charge is -2.11. The predicted octanol–water partition coefficient (Wildman–Crippen LogP) is 2.15. The zero-order valence-corrected chi connectivity index (χ0v) is 19.0. The second-order valence-corrected chi connectivity index (χ2v) is 9.15. The molecule has 1 heterocycles. The highest BCUT2D eigenvalue weighted by Gasteiger charge is 2.31. The maximum atomic E-state index is 12.4. The predicted molar refractivity (Wildman–Crippen MR) is 126 cm³/mol. The molecule has 2 amide bonds. The number of sulfonamides is 1. The summed E-state index contributed by atoms with van der Waals surface area (Å²) in [5, 5.41) is 0. The highest BCUT2D eigenvalue weighted by molar-refractivity contribution is 7.90. The van der Waals surface area contributed by atoms with Gasteiger partial charge in [0.2, 0.25) is 0 Å². The second-order valence-electron chi connectivity index (χ2n) is 7.50. The first kappa shape index (κ1) is 23.0. The van der Waals surface area contributed by atoms with Crippen LogP contribution in [0.2, 0.25) is 0 Å². The van der Waals surface area contributed by atoms with E-state index in [2.05, 4.69) is 20.6 Å². The number of benzene rings is 3. The summed E-state index contributed by atoms with van der Waals surface area (Å²) in [7, 11) is -3.70. The van der Waals surface area contributed by atoms with Gasteiger partial charge in [0, 0.05) is 11.1 Å². The number of fused-ring (bicyclic) bond motifs is 1. The molecule has 3 aromatic rings. The average molecular weight is 479 g/mol. The Morgan fingerprint density at radius 1 is 0.941 bits per heavy atom. The van der Waals surface area contributed by atoms with Gasteiger partial charge in [-0.15, -0.1) is 0 Å². The number of carbonyl (C=O) groups excluding carboxylic acids is 2. The molecule has 1 aliphatic heterocycles. The van der Waals surface area contributed by atoms with Gasteiger partial charge >= 0.3 is 0 Å². The summed E-state index contributed by atoms with van der Waals surface area (Å²) in [6.45, 7) is 1.85. The molecular formula is C24H22N4O5S. The third-order valence-electron chi connectivity index (χ3n) is 5.03. The minimum Gasteiger partial charge on any atom is -0.489 e. The molecule has 3 aromatic carbocycles. The Morgan fingerprint density at radius 3 is 2.35 bits per heavy atom. The summed E-state index contributed by atoms with van der Waals surface area (Å²) in [4.78, 5) is 29.0. The van der Waals surface area contributed by atoms with Crippen LogP contribution in [0.5, 0.6) is 5.75 Å². The molecule has 0 spiro atoms. The monoisotopic (exact) mass is 478 g/mol. The third kappa shape index (κ3) is 5.24. The number of nitrogens with zero attached hydrogens (tertiary/aromatic N) is 1. The van der Waals surface area contributed by atoms with Gasteiger partial charge in [-0.1, -0.05) is 42.5 Å². The van der Waals surface area contributed by atoms with Crippen molar-refractivity contribution in [1.29, 1.82) is 0 Å². The molecule has 174 valence electrons. The third-order valence-corrected chi connectivity index (χ3v) is 6.43. The van der Waals surface area contributed by atoms with Crippen molar-refractivity contribution >= 4 is 27.7 Å². The summed E-state index contributed by atoms with van der Waals surface area (Å²) < 4.78 is 32.4. The van der Waals surface area contributed by atoms with Gasteiger partial charge in [-0.3, -0.25) is 30.2 Å². The highest BCUT2D eigenvalue weighted by atomic mass is 32.2. The van der Waals surface area contributed by atoms with Gasteiger partial charge in [0.1, 0.15) is 24.2 Å². The molecule has 0 saturated carbocycles. The smallest absolute Gasteiger partial charge is 0.269 e. The average Bonchev–Trinajstić information content (AvgIpc) is 3.11. The molecule has 1 atom stereocenters. The van der Waals surface area contributed by atoms with Crippen molar-refractivity contribution in [2.45, 2.75) is 24.5 Å². The summed E-state index contributed by atoms with van der Waals surface area (Å²) in [5.41, 5.74) is 6.27. The van der Waals surface area contributed by atoms with Crippen LogP contribution in [0.1, 0.15) is 28.4 Å². The number of amides is 2. The first-order valence-corrected chi connectivity index (χ1v) is 11.9. The van der Waals surface area contributed by atoms with Crippen LogP contribution in [0, 0.1) is 0 Å². The lowest BCUT2D eigenvalue weighted by molar-refractivity contribution is -0.122. The Morgan fingerprint density at radius 2 is 1.62 bits per heavy atom. The molecule has 10 heteroatoms. The van der Waals surface area contributed by atoms with E-state index in [1.807, 2.05) is 30.3 Å². The lowest BCUT2D eigenvalue weighted by atomic mass is 10.1. The van der Waals surface area contributed by atoms with Crippen LogP contribution < -0.4 is 20.3 Å². The van der Waals surface area contributed by atoms with Gasteiger partial charge in [0.15, 0.2) is 0 Å². The number of hydrogen-bond donors (Lipinski definition) is 3. The standard InChI is InChI=1S/C24H22N4O5S/c1-16(25-22-20-9-5-6-10-21(20)34(31,32)28-22)23(29)26-27-24(30)18-13-11-17(12-14-18)15-33-19-7-3-2-4-8-19/h2-14,16H,15H2,1H3,(H,25,28)(H,26,29)(H,27,30). The van der Waals surface area contributed by atoms with Crippen LogP contribution >= 0.6 is 0 Å². The van der Waals surface area contributed by atoms with Gasteiger partial charge in [0.05, 0.1) is 4.90 Å². The van der Waals surface area contributed by atoms with Crippen LogP contribution in [0.15, 0.2) is 88.8 Å². The maximum Gasteiger partial charge on any atom is 0.269 e. The molecule has 1 aliphatic rings. The molecule has 3 N–H and O–H groups in total. The Balaban J connectivity index is 1.31. The zero-order valence-electron chi connectivity index (χ0n) is 18.2. The fraction of sp³-hybridized carbons (Fsp3) is 0.125. The molecule has 0 saturated heterocycles. The maximum absolute atomic E-state index is 12.4. The number of hydrogen-bond acceptors (Lipinski definition) is 6. The van der Waals surface area contributed by atoms with Gasteiger partial charge < -0.3 is 4.74 Å². The molecule has 0 radical (unpaired) electrons. The number of ether oxygens (including phenoxy) is 1. The zero-order chi connectivity index (χ0) is 24.1. The molecule has 4 rings (SSSR count). The largest absolute Gasteiger partial charge is 0.489 e. The second kappa shape index (κ2) is 9.75. The minimum absolute atomic E-state index is 0.0814. The number of amidine groups is 1. The van der Waals surface area contributed by atoms with E-state index in [1.165, 1.54) is 13.0 Å². The van der Waals surface area contributed by atoms with Crippen molar-refractivity contribution in [1.82, 2.24) is 15.6 Å². The highest BCUT2D eigenvalue weighted by Crippen LogP contribution is 2.22. The van der Waals surface area contributed by atoms with Crippen molar-refractivity contribution in [3.8, 4) is 5.75 Å². The van der Waals surface area contributed by atoms with E-state index in [0.717, 1.165) is 11.3 Å². The fourth-order valence-corrected chi connectivity index (χ4v) is 4.45. The summed E-state index contributed by atoms with van der Waals surface area (Å²) in [5.74, 6) is -0.274. The van der Waals surface area contributed by atoms with Gasteiger partial charge in [0.25, 0.3) is 21.8 Å². The molecule has 1 unspecified atom stereocenters. The van der Waals surface area contributed by atoms with Crippen LogP contribution in [-0.2, 0) is 21.4 Å². The van der Waals surface area contributed by atoms with Gasteiger partial charge in [-0.05, 0) is 48.9 Å². The van der Waals surface area contributed by atoms with Gasteiger partial charge in [-0.2, -0.15) is 0 Å². The van der Waals surface area contributed by atoms with Crippen molar-refractivity contribution in [2.24, 2.45) is 4.99 Å². The van der Waals surface area contributed by atoms with Crippen molar-refractivity contribution in [2.75, 3.05) is 0 Å². The van der Waals surface area contributed by atoms with E-state index in [1.54, 1.807) is 42.5 Å². The Labute approximate surface area is 196 Å². The number of carbonyl (C=O) groups is 2. The van der Waals surface area contributed by atoms with E-state index in [4.69, 9.17) is 4.74 Å². The van der Waals surface area contributed by atoms with Crippen LogP contribution in [0.4, 0.5) is 0 Å². The van der Waals surface area contributed by atoms with Gasteiger partial charge in [-0.25, -0.2) is 8.42 Å². The quantitative estimate of drug-likeness (QED) is 0.468. The molecule has 9 nitrogen and oxygen atoms in total. The Kier molecular flexibility index (Phi) is 6.60. The van der Waals surface area contributed by atoms with E-state index in [-0.39, 0.29) is 10.7 Å². The van der Waals surface area contributed by atoms with E-state index in [9.17, 15) is 18.0 Å². The normalized spacial score (nSPS) is 15.6. The molecular weight excluding hydrogens is 456 g/mol. The van der Waals surface area contributed by atoms with E-state index < -0.39 is 27.9 Å². The Bertz CT molecular complexity index is 1340. The molecule has 34 heavy (non-hydrogen) atoms. The fourth-order valence-electron chi connectivity index (χ4n) is 3.21. The summed E-state index contributed by atoms with van der Waals surface area (Å²) >= 11 is 0. The molecule has 0 aromatic heterocycles. The van der Waals surface area contributed by atoms with Crippen molar-refractivity contribution in [3.63, 3.8) is 0 Å². The van der Waals surface area contributed by atoms with Crippen LogP contribution in [0.25, 0.3) is 0 Å². The molecule has 0 bridgehead atoms. The van der Waals surface area contributed by atoms with Crippen molar-refractivity contribution in [3.05, 3.63) is 95.6 Å². The van der Waals surface area contributed by atoms with Crippen LogP contribution in [-0.4, -0.2) is 32.1 Å². The number of rotatable bonds is 6. The number of nitrogens with one attached hydrogen (secondary N) is 3. The Hall–Kier alpha value is -4.18. The number of aliphatic imine (C=N–C) groups is 1. The van der Waals surface area contributed by atoms with Crippen molar-refractivity contribution < 1.29 is 22.7 Å². The topological polar surface area (TPSA) is 126 Å². The van der Waals surface area contributed by atoms with E-state index in [0.29, 0.717) is 17.7 Å². The lowest BCUT2D eigenvalue weighted by Crippen LogP contribution is -2.45. The van der Waals surface area contributed by atoms with Crippen LogP contribution in [0.3, 0.4) is 0 Å². The first-order chi connectivity index (χ1) is 16.3. The molecule has 0 aliphatic carbocycles. The molecule has 0 fully saturated rings. The summed E-state index contributed by atoms with van der Waals surface area (Å²) in [6, 6.07) is 21.6. The number of para-hydroxylation sites is 1. The summed E-state index contributed by atoms with van der Waals surface area (Å²) in [6.07, 6.45) is 0. The first-order valence-electron chi connectivity index (χ1n) is 10.4. The minimum atomic E-state index is -3.70. The SMILES string of the molecule is CC(N=C1NS(=O)(=O)c2ccccc21)C(=O)NNC(=O)c1ccc(COc2ccccc2)cc1. The van der Waals surface area contributed by atoms with E-state index >= 15 is 0 Å².